The Balaban J connectivity index is 0.000000360. The maximum Gasteiger partial charge on any atom is 2.00 e. The number of ether oxygens (including phenoxy) is 1. The molecule has 2 aromatic carbocycles. The second-order valence-corrected chi connectivity index (χ2v) is 4.52. The van der Waals surface area contributed by atoms with Gasteiger partial charge in [-0.05, 0) is 26.5 Å². The Morgan fingerprint density at radius 3 is 2.06 bits per heavy atom. The molecule has 0 amide bonds. The molecule has 2 N–H and O–H groups in total. The van der Waals surface area contributed by atoms with Crippen LogP contribution in [-0.2, 0) is 17.1 Å². The molecule has 0 spiro atoms. The van der Waals surface area contributed by atoms with Gasteiger partial charge in [0.05, 0.1) is 5.60 Å². The van der Waals surface area contributed by atoms with Gasteiger partial charge in [-0.25, -0.2) is 18.2 Å². The van der Waals surface area contributed by atoms with Crippen LogP contribution in [0.15, 0.2) is 48.5 Å². The number of nitrogen functional groups attached to an aromatic ring is 1. The first kappa shape index (κ1) is 15.8. The van der Waals surface area contributed by atoms with Crippen LogP contribution in [0.5, 0.6) is 5.75 Å². The molecule has 0 radical (unpaired) electrons. The van der Waals surface area contributed by atoms with Gasteiger partial charge in [0, 0.05) is 5.75 Å². The minimum atomic E-state index is -0.164. The Morgan fingerprint density at radius 2 is 1.76 bits per heavy atom. The van der Waals surface area contributed by atoms with E-state index >= 15 is 0 Å². The van der Waals surface area contributed by atoms with Gasteiger partial charge in [0.2, 0.25) is 0 Å². The largest absolute Gasteiger partial charge is 2.00 e. The molecule has 0 aromatic heterocycles. The van der Waals surface area contributed by atoms with Crippen LogP contribution in [0.3, 0.4) is 0 Å². The van der Waals surface area contributed by atoms with Crippen molar-refractivity contribution >= 4 is 5.69 Å². The van der Waals surface area contributed by atoms with E-state index in [9.17, 15) is 0 Å². The third kappa shape index (κ3) is 6.88. The molecule has 0 saturated carbocycles. The van der Waals surface area contributed by atoms with E-state index in [-0.39, 0.29) is 22.7 Å². The zero-order valence-corrected chi connectivity index (χ0v) is 11.6. The molecule has 2 rings (SSSR count). The van der Waals surface area contributed by atoms with Crippen molar-refractivity contribution in [3.8, 4) is 5.75 Å². The van der Waals surface area contributed by atoms with Gasteiger partial charge in [-0.1, -0.05) is 0 Å². The molecule has 2 nitrogen and oxygen atoms in total. The van der Waals surface area contributed by atoms with E-state index in [4.69, 9.17) is 10.5 Å². The summed E-state index contributed by atoms with van der Waals surface area (Å²) in [5.41, 5.74) is 6.17. The van der Waals surface area contributed by atoms with Crippen LogP contribution in [0.1, 0.15) is 20.8 Å². The molecule has 0 heterocycles. The summed E-state index contributed by atoms with van der Waals surface area (Å²) in [5.74, 6) is 0.775. The third-order valence-electron chi connectivity index (χ3n) is 1.78. The summed E-state index contributed by atoms with van der Waals surface area (Å²) in [6, 6.07) is 15.6. The van der Waals surface area contributed by atoms with Crippen LogP contribution in [0.4, 0.5) is 5.69 Å². The quantitative estimate of drug-likeness (QED) is 0.636. The molecular formula is C14H19FeNO. The molecule has 94 valence electrons. The molecule has 0 atom stereocenters. The van der Waals surface area contributed by atoms with Crippen molar-refractivity contribution < 1.29 is 21.8 Å². The van der Waals surface area contributed by atoms with Gasteiger partial charge in [-0.3, -0.25) is 0 Å². The van der Waals surface area contributed by atoms with Crippen LogP contribution in [0.25, 0.3) is 0 Å². The summed E-state index contributed by atoms with van der Waals surface area (Å²) in [5, 5.41) is 0. The van der Waals surface area contributed by atoms with Gasteiger partial charge in [0.1, 0.15) is 0 Å². The van der Waals surface area contributed by atoms with E-state index in [1.165, 1.54) is 0 Å². The first-order valence-corrected chi connectivity index (χ1v) is 5.36. The van der Waals surface area contributed by atoms with Gasteiger partial charge in [0.25, 0.3) is 0 Å². The topological polar surface area (TPSA) is 35.2 Å². The average molecular weight is 273 g/mol. The van der Waals surface area contributed by atoms with Gasteiger partial charge in [0.15, 0.2) is 0 Å². The Kier molecular flexibility index (Phi) is 6.70. The fraction of sp³-hybridized carbons (Fsp3) is 0.286. The Labute approximate surface area is 114 Å². The Hall–Kier alpha value is -1.18. The van der Waals surface area contributed by atoms with Crippen molar-refractivity contribution in [2.75, 3.05) is 5.73 Å². The molecule has 3 heteroatoms. The molecule has 0 fully saturated rings. The first-order chi connectivity index (χ1) is 7.49. The van der Waals surface area contributed by atoms with Crippen LogP contribution in [0.2, 0.25) is 0 Å². The smallest absolute Gasteiger partial charge is 0.513 e. The molecule has 0 saturated heterocycles. The second-order valence-electron chi connectivity index (χ2n) is 4.52. The zero-order chi connectivity index (χ0) is 12.0. The molecule has 2 aromatic rings. The monoisotopic (exact) mass is 273 g/mol. The van der Waals surface area contributed by atoms with E-state index < -0.39 is 0 Å². The van der Waals surface area contributed by atoms with Crippen molar-refractivity contribution in [3.63, 3.8) is 0 Å². The van der Waals surface area contributed by atoms with Crippen molar-refractivity contribution in [2.45, 2.75) is 26.4 Å². The average Bonchev–Trinajstić information content (AvgIpc) is 2.79. The summed E-state index contributed by atoms with van der Waals surface area (Å²) >= 11 is 0. The Morgan fingerprint density at radius 1 is 1.18 bits per heavy atom. The number of hydrogen-bond donors (Lipinski definition) is 1. The van der Waals surface area contributed by atoms with Crippen LogP contribution >= 0.6 is 0 Å². The standard InChI is InChI=1S/C9H14NO.C5H5.Fe/c1-9(2,3)11-8-6-4-5-7(8)10;1-2-4-5-3-1;/h4-6H,10H2,1-3H3;1-5H;/q2*-1;+2. The maximum absolute atomic E-state index is 5.62. The van der Waals surface area contributed by atoms with E-state index in [1.54, 1.807) is 0 Å². The number of hydrogen-bond acceptors (Lipinski definition) is 2. The van der Waals surface area contributed by atoms with Crippen molar-refractivity contribution in [3.05, 3.63) is 48.5 Å². The predicted molar refractivity (Wildman–Crippen MR) is 68.9 cm³/mol. The van der Waals surface area contributed by atoms with Crippen molar-refractivity contribution in [2.24, 2.45) is 0 Å². The van der Waals surface area contributed by atoms with Crippen LogP contribution in [-0.4, -0.2) is 5.60 Å². The third-order valence-corrected chi connectivity index (χ3v) is 1.78. The van der Waals surface area contributed by atoms with Gasteiger partial charge >= 0.3 is 17.1 Å². The fourth-order valence-electron chi connectivity index (χ4n) is 1.16. The molecular weight excluding hydrogens is 254 g/mol. The number of nitrogens with two attached hydrogens (primary N) is 1. The van der Waals surface area contributed by atoms with Crippen molar-refractivity contribution in [1.29, 1.82) is 0 Å². The molecule has 0 bridgehead atoms. The van der Waals surface area contributed by atoms with E-state index in [0.717, 1.165) is 5.75 Å². The van der Waals surface area contributed by atoms with Crippen LogP contribution in [0, 0.1) is 0 Å². The maximum atomic E-state index is 5.62. The minimum Gasteiger partial charge on any atom is -0.513 e. The Bertz CT molecular complexity index is 367. The summed E-state index contributed by atoms with van der Waals surface area (Å²) in [4.78, 5) is 0. The fourth-order valence-corrected chi connectivity index (χ4v) is 1.16. The first-order valence-electron chi connectivity index (χ1n) is 5.36. The molecule has 17 heavy (non-hydrogen) atoms. The van der Waals surface area contributed by atoms with Gasteiger partial charge in [-0.15, -0.1) is 0 Å². The number of rotatable bonds is 1. The molecule has 0 aliphatic heterocycles. The molecule has 0 unspecified atom stereocenters. The van der Waals surface area contributed by atoms with E-state index in [2.05, 4.69) is 0 Å². The SMILES string of the molecule is CC(C)(C)Oc1ccc[c-]1N.[Fe+2].c1cc[cH-]c1. The van der Waals surface area contributed by atoms with E-state index in [1.807, 2.05) is 69.3 Å². The van der Waals surface area contributed by atoms with Gasteiger partial charge in [-0.2, -0.15) is 30.3 Å². The summed E-state index contributed by atoms with van der Waals surface area (Å²) in [7, 11) is 0. The van der Waals surface area contributed by atoms with E-state index in [0.29, 0.717) is 5.69 Å². The second kappa shape index (κ2) is 7.20. The summed E-state index contributed by atoms with van der Waals surface area (Å²) in [6.45, 7) is 6.00. The molecule has 0 aliphatic carbocycles. The van der Waals surface area contributed by atoms with Crippen molar-refractivity contribution in [1.82, 2.24) is 0 Å². The number of anilines is 1. The molecule has 0 aliphatic rings. The predicted octanol–water partition coefficient (Wildman–Crippen LogP) is 3.57. The van der Waals surface area contributed by atoms with Crippen LogP contribution < -0.4 is 10.5 Å². The summed E-state index contributed by atoms with van der Waals surface area (Å²) < 4.78 is 5.55. The normalized spacial score (nSPS) is 9.82. The van der Waals surface area contributed by atoms with Gasteiger partial charge < -0.3 is 10.5 Å². The summed E-state index contributed by atoms with van der Waals surface area (Å²) in [6.07, 6.45) is 0. The minimum absolute atomic E-state index is 0. The zero-order valence-electron chi connectivity index (χ0n) is 10.5.